The third-order valence-corrected chi connectivity index (χ3v) is 14.8. The monoisotopic (exact) mass is 1150 g/mol. The van der Waals surface area contributed by atoms with Gasteiger partial charge in [0.25, 0.3) is 0 Å². The molecule has 0 aliphatic carbocycles. The van der Waals surface area contributed by atoms with Crippen LogP contribution in [0.3, 0.4) is 0 Å². The lowest BCUT2D eigenvalue weighted by Crippen LogP contribution is -2.48. The van der Waals surface area contributed by atoms with Gasteiger partial charge in [-0.15, -0.1) is 0 Å². The average molecular weight is 1150 g/mol. The molecule has 75 heavy (non-hydrogen) atoms. The average Bonchev–Trinajstić information content (AvgIpc) is 4.11. The van der Waals surface area contributed by atoms with Crippen LogP contribution in [0.1, 0.15) is 58.2 Å². The van der Waals surface area contributed by atoms with Crippen LogP contribution in [0.5, 0.6) is 0 Å². The lowest BCUT2D eigenvalue weighted by Gasteiger charge is -2.33. The number of H-pyrrole nitrogens is 6. The van der Waals surface area contributed by atoms with Crippen molar-refractivity contribution in [1.82, 2.24) is 86.4 Å². The number of nitrogens with zero attached hydrogens (tertiary/aromatic N) is 7. The minimum atomic E-state index is -1.64. The first kappa shape index (κ1) is 67.4. The predicted octanol–water partition coefficient (Wildman–Crippen LogP) is 0.890. The second-order valence-corrected chi connectivity index (χ2v) is 24.0. The van der Waals surface area contributed by atoms with E-state index in [0.29, 0.717) is 76.2 Å². The number of ketones is 1. The SMILES string of the molecule is CCCCCCN(CCN(CCNCCN(CCC)C(O)COCCC[Si](C)(C)OC)CCNCC(=O)Nc1nc(=S)[nH][nH]1)CN(CCNCC(=O)Cc1nc(=S)[nH][nH]1)CCNCC(=O)Nc1nc(=S)[nH][nH]1.O=[Si]=O. The summed E-state index contributed by atoms with van der Waals surface area (Å²) in [5.74, 6) is 0.532. The molecule has 426 valence electrons. The third kappa shape index (κ3) is 33.9. The second kappa shape index (κ2) is 41.4. The fourth-order valence-electron chi connectivity index (χ4n) is 7.44. The van der Waals surface area contributed by atoms with Crippen LogP contribution in [0.25, 0.3) is 0 Å². The van der Waals surface area contributed by atoms with E-state index in [0.717, 1.165) is 83.8 Å². The second-order valence-electron chi connectivity index (χ2n) is 18.3. The van der Waals surface area contributed by atoms with Gasteiger partial charge in [-0.2, -0.15) is 9.97 Å². The quantitative estimate of drug-likeness (QED) is 0.0162. The Hall–Kier alpha value is -3.72. The molecule has 3 aromatic rings. The van der Waals surface area contributed by atoms with Crippen molar-refractivity contribution < 1.29 is 37.6 Å². The van der Waals surface area contributed by atoms with Gasteiger partial charge in [0.2, 0.25) is 38.0 Å². The van der Waals surface area contributed by atoms with E-state index in [9.17, 15) is 19.5 Å². The summed E-state index contributed by atoms with van der Waals surface area (Å²) in [7, 11) is -1.28. The summed E-state index contributed by atoms with van der Waals surface area (Å²) < 4.78 is 29.2. The molecule has 0 aliphatic rings. The number of aliphatic hydroxyl groups excluding tert-OH is 1. The number of unbranched alkanes of at least 4 members (excludes halogenated alkanes) is 3. The summed E-state index contributed by atoms with van der Waals surface area (Å²) in [6.07, 6.45) is 5.77. The van der Waals surface area contributed by atoms with E-state index in [-0.39, 0.29) is 71.7 Å². The topological polar surface area (TPSA) is 343 Å². The molecule has 1 unspecified atom stereocenters. The first-order valence-corrected chi connectivity index (χ1v) is 30.8. The predicted molar refractivity (Wildman–Crippen MR) is 297 cm³/mol. The molecule has 0 aliphatic heterocycles. The maximum atomic E-state index is 12.7. The zero-order valence-corrected chi connectivity index (χ0v) is 49.0. The highest BCUT2D eigenvalue weighted by atomic mass is 32.1. The number of amides is 2. The van der Waals surface area contributed by atoms with E-state index in [4.69, 9.17) is 54.7 Å². The molecule has 0 radical (unpaired) electrons. The molecule has 0 bridgehead atoms. The largest absolute Gasteiger partial charge is 0.549 e. The smallest absolute Gasteiger partial charge is 0.420 e. The zero-order valence-electron chi connectivity index (χ0n) is 44.5. The number of anilines is 2. The lowest BCUT2D eigenvalue weighted by molar-refractivity contribution is -0.118. The summed E-state index contributed by atoms with van der Waals surface area (Å²) in [5, 5.41) is 46.2. The van der Waals surface area contributed by atoms with Gasteiger partial charge in [-0.3, -0.25) is 84.1 Å². The molecule has 3 aromatic heterocycles. The van der Waals surface area contributed by atoms with Crippen molar-refractivity contribution in [3.05, 3.63) is 20.1 Å². The first-order valence-electron chi connectivity index (χ1n) is 25.7. The summed E-state index contributed by atoms with van der Waals surface area (Å²) in [6, 6.07) is 1.01. The number of hydrogen-bond acceptors (Lipinski definition) is 22. The molecule has 0 saturated heterocycles. The number of rotatable bonds is 45. The van der Waals surface area contributed by atoms with Gasteiger partial charge in [0.15, 0.2) is 14.1 Å². The van der Waals surface area contributed by atoms with Gasteiger partial charge in [-0.1, -0.05) is 33.1 Å². The molecule has 32 heteroatoms. The van der Waals surface area contributed by atoms with Crippen molar-refractivity contribution in [3.8, 4) is 0 Å². The molecule has 0 spiro atoms. The van der Waals surface area contributed by atoms with E-state index >= 15 is 0 Å². The number of aromatic amines is 6. The van der Waals surface area contributed by atoms with E-state index in [1.165, 1.54) is 0 Å². The molecular weight excluding hydrogens is 1060 g/mol. The third-order valence-electron chi connectivity index (χ3n) is 11.6. The van der Waals surface area contributed by atoms with Crippen molar-refractivity contribution in [1.29, 1.82) is 0 Å². The highest BCUT2D eigenvalue weighted by Gasteiger charge is 2.21. The number of hydrogen-bond donors (Lipinski definition) is 13. The standard InChI is InChI=1S/C43H85N19O6S3Si.O2Si/c1-6-8-9-10-18-60(33-61(21-14-45-29-34(63)28-35-48-41(69)56-53-35)22-15-47-31-37(65)50-40-52-43(71)58-55-40)25-24-59(20-13-46-30-36(64)49-39-51-42(70)57-54-39)19-12-44-16-23-62(17-7-2)38(66)32-68-26-11-27-72(4,5)67-3;1-3-2/h38,44-47,66H,6-33H2,1-5H3,(H2,48,53,56,69)(H3,49,51,54,57,64,70)(H3,50,52,55,58,65,71);. The Bertz CT molecular complexity index is 2140. The summed E-state index contributed by atoms with van der Waals surface area (Å²) >= 11 is 15.0. The number of ether oxygens (including phenoxy) is 1. The van der Waals surface area contributed by atoms with E-state index in [2.05, 4.69) is 124 Å². The number of carbonyl (C=O) groups is 3. The van der Waals surface area contributed by atoms with Crippen LogP contribution in [-0.2, 0) is 38.9 Å². The van der Waals surface area contributed by atoms with Gasteiger partial charge in [-0.05, 0) is 81.6 Å². The van der Waals surface area contributed by atoms with Crippen molar-refractivity contribution in [2.24, 2.45) is 0 Å². The molecular formula is C43H85N19O8S3Si2. The Morgan fingerprint density at radius 3 is 1.69 bits per heavy atom. The lowest BCUT2D eigenvalue weighted by atomic mass is 10.2. The minimum absolute atomic E-state index is 0.00963. The molecule has 3 heterocycles. The Balaban J connectivity index is 0.00000626. The number of nitrogens with one attached hydrogen (secondary N) is 12. The van der Waals surface area contributed by atoms with Gasteiger partial charge < -0.3 is 35.5 Å². The molecule has 2 amide bonds. The van der Waals surface area contributed by atoms with Crippen LogP contribution in [0.2, 0.25) is 19.1 Å². The molecule has 13 N–H and O–H groups in total. The van der Waals surface area contributed by atoms with Crippen LogP contribution in [0, 0.1) is 14.3 Å². The Morgan fingerprint density at radius 1 is 0.640 bits per heavy atom. The van der Waals surface area contributed by atoms with E-state index in [1.807, 2.05) is 0 Å². The molecule has 1 atom stereocenters. The Kier molecular flexibility index (Phi) is 37.2. The number of aromatic nitrogens is 9. The highest BCUT2D eigenvalue weighted by Crippen LogP contribution is 2.12. The fourth-order valence-corrected chi connectivity index (χ4v) is 9.08. The Labute approximate surface area is 458 Å². The van der Waals surface area contributed by atoms with Crippen molar-refractivity contribution >= 4 is 83.8 Å². The zero-order chi connectivity index (χ0) is 55.1. The van der Waals surface area contributed by atoms with Crippen LogP contribution >= 0.6 is 36.7 Å². The van der Waals surface area contributed by atoms with Crippen molar-refractivity contribution in [2.45, 2.75) is 84.2 Å². The molecule has 0 saturated carbocycles. The number of Topliss-reactive ketones (excluding diaryl/α,β-unsaturated/α-hetero) is 1. The van der Waals surface area contributed by atoms with E-state index < -0.39 is 23.8 Å². The van der Waals surface area contributed by atoms with Crippen molar-refractivity contribution in [3.63, 3.8) is 0 Å². The number of carbonyl (C=O) groups excluding carboxylic acids is 3. The summed E-state index contributed by atoms with van der Waals surface area (Å²) in [4.78, 5) is 59.5. The van der Waals surface area contributed by atoms with Crippen LogP contribution < -0.4 is 31.9 Å². The maximum absolute atomic E-state index is 12.7. The van der Waals surface area contributed by atoms with E-state index in [1.54, 1.807) is 7.11 Å². The van der Waals surface area contributed by atoms with Gasteiger partial charge >= 0.3 is 9.29 Å². The van der Waals surface area contributed by atoms with Crippen LogP contribution in [-0.4, -0.2) is 250 Å². The summed E-state index contributed by atoms with van der Waals surface area (Å²) in [6.45, 7) is 20.5. The molecule has 0 aromatic carbocycles. The Morgan fingerprint density at radius 2 is 1.16 bits per heavy atom. The maximum Gasteiger partial charge on any atom is 0.549 e. The molecule has 3 rings (SSSR count). The fraction of sp³-hybridized carbons (Fsp3) is 0.791. The molecule has 0 fully saturated rings. The highest BCUT2D eigenvalue weighted by molar-refractivity contribution is 7.71. The van der Waals surface area contributed by atoms with Gasteiger partial charge in [0.1, 0.15) is 12.1 Å². The van der Waals surface area contributed by atoms with Crippen LogP contribution in [0.15, 0.2) is 0 Å². The number of aliphatic hydroxyl groups is 1. The molecule has 27 nitrogen and oxygen atoms in total. The first-order chi connectivity index (χ1) is 36.1. The van der Waals surface area contributed by atoms with Crippen LogP contribution in [0.4, 0.5) is 11.9 Å². The normalized spacial score (nSPS) is 12.1. The summed E-state index contributed by atoms with van der Waals surface area (Å²) in [5.41, 5.74) is 0. The van der Waals surface area contributed by atoms with Gasteiger partial charge in [0, 0.05) is 98.8 Å². The van der Waals surface area contributed by atoms with Gasteiger partial charge in [0.05, 0.1) is 39.3 Å². The minimum Gasteiger partial charge on any atom is -0.420 e. The van der Waals surface area contributed by atoms with Crippen molar-refractivity contribution in [2.75, 3.05) is 149 Å². The van der Waals surface area contributed by atoms with Gasteiger partial charge in [-0.25, -0.2) is 4.98 Å².